The van der Waals surface area contributed by atoms with Crippen molar-refractivity contribution in [3.63, 3.8) is 0 Å². The zero-order valence-electron chi connectivity index (χ0n) is 20.5. The molecule has 2 aromatic rings. The van der Waals surface area contributed by atoms with E-state index in [0.717, 1.165) is 17.5 Å². The minimum Gasteiger partial charge on any atom is -0.364 e. The van der Waals surface area contributed by atoms with Gasteiger partial charge in [-0.2, -0.15) is 5.26 Å². The largest absolute Gasteiger partial charge is 0.364 e. The van der Waals surface area contributed by atoms with Crippen molar-refractivity contribution in [1.82, 2.24) is 0 Å². The first-order chi connectivity index (χ1) is 16.3. The van der Waals surface area contributed by atoms with E-state index in [0.29, 0.717) is 25.8 Å². The predicted octanol–water partition coefficient (Wildman–Crippen LogP) is 5.19. The number of carbonyl (C=O) groups is 2. The number of rotatable bonds is 9. The summed E-state index contributed by atoms with van der Waals surface area (Å²) >= 11 is 0. The fourth-order valence-electron chi connectivity index (χ4n) is 5.60. The lowest BCUT2D eigenvalue weighted by atomic mass is 9.70. The van der Waals surface area contributed by atoms with E-state index in [4.69, 9.17) is 5.73 Å². The molecule has 2 amide bonds. The van der Waals surface area contributed by atoms with Gasteiger partial charge in [0.2, 0.25) is 0 Å². The number of primary amides is 1. The molecule has 5 nitrogen and oxygen atoms in total. The van der Waals surface area contributed by atoms with Gasteiger partial charge < -0.3 is 5.73 Å². The maximum Gasteiger partial charge on any atom is 0.339 e. The van der Waals surface area contributed by atoms with Crippen molar-refractivity contribution in [1.29, 1.82) is 5.26 Å². The van der Waals surface area contributed by atoms with Crippen LogP contribution in [0.1, 0.15) is 63.6 Å². The van der Waals surface area contributed by atoms with E-state index in [2.05, 4.69) is 19.9 Å². The summed E-state index contributed by atoms with van der Waals surface area (Å²) in [5.74, 6) is -0.391. The normalized spacial score (nSPS) is 22.9. The van der Waals surface area contributed by atoms with E-state index >= 15 is 0 Å². The Bertz CT molecular complexity index is 1060. The number of nitriles is 1. The molecule has 2 aromatic carbocycles. The second kappa shape index (κ2) is 10.8. The average Bonchev–Trinajstić information content (AvgIpc) is 3.31. The van der Waals surface area contributed by atoms with Crippen molar-refractivity contribution in [2.75, 3.05) is 6.54 Å². The van der Waals surface area contributed by atoms with E-state index in [1.54, 1.807) is 6.08 Å². The smallest absolute Gasteiger partial charge is 0.339 e. The van der Waals surface area contributed by atoms with Crippen LogP contribution in [0.5, 0.6) is 0 Å². The molecule has 0 radical (unpaired) electrons. The fraction of sp³-hybridized carbons (Fsp3) is 0.414. The summed E-state index contributed by atoms with van der Waals surface area (Å²) < 4.78 is 0.0299. The third-order valence-corrected chi connectivity index (χ3v) is 7.71. The number of nitrogens with two attached hydrogens (primary N) is 1. The Morgan fingerprint density at radius 3 is 2.29 bits per heavy atom. The zero-order valence-corrected chi connectivity index (χ0v) is 20.5. The van der Waals surface area contributed by atoms with E-state index < -0.39 is 17.4 Å². The van der Waals surface area contributed by atoms with Crippen molar-refractivity contribution in [2.24, 2.45) is 11.7 Å². The highest BCUT2D eigenvalue weighted by Gasteiger charge is 2.53. The lowest BCUT2D eigenvalue weighted by molar-refractivity contribution is -0.884. The highest BCUT2D eigenvalue weighted by Crippen LogP contribution is 2.40. The van der Waals surface area contributed by atoms with Gasteiger partial charge in [-0.25, -0.2) is 9.28 Å². The summed E-state index contributed by atoms with van der Waals surface area (Å²) in [6, 6.07) is 21.6. The molecular weight excluding hydrogens is 422 g/mol. The first-order valence-corrected chi connectivity index (χ1v) is 12.2. The molecule has 0 spiro atoms. The number of nitrogens with zero attached hydrogens (tertiary/aromatic N) is 2. The number of amides is 2. The van der Waals surface area contributed by atoms with Crippen LogP contribution in [-0.2, 0) is 15.0 Å². The van der Waals surface area contributed by atoms with Gasteiger partial charge in [0.25, 0.3) is 5.91 Å². The van der Waals surface area contributed by atoms with Crippen LogP contribution in [0.3, 0.4) is 0 Å². The Kier molecular flexibility index (Phi) is 8.06. The van der Waals surface area contributed by atoms with Crippen molar-refractivity contribution in [3.8, 4) is 6.07 Å². The molecule has 1 heterocycles. The van der Waals surface area contributed by atoms with Crippen molar-refractivity contribution in [2.45, 2.75) is 64.0 Å². The van der Waals surface area contributed by atoms with Crippen LogP contribution in [0.4, 0.5) is 0 Å². The molecule has 1 saturated heterocycles. The van der Waals surface area contributed by atoms with Crippen LogP contribution in [0.2, 0.25) is 0 Å². The average molecular weight is 459 g/mol. The minimum atomic E-state index is -0.623. The summed E-state index contributed by atoms with van der Waals surface area (Å²) in [5.41, 5.74) is 7.18. The van der Waals surface area contributed by atoms with Gasteiger partial charge in [0.1, 0.15) is 6.04 Å². The Labute approximate surface area is 203 Å². The molecule has 2 unspecified atom stereocenters. The van der Waals surface area contributed by atoms with Crippen LogP contribution in [0, 0.1) is 17.2 Å². The van der Waals surface area contributed by atoms with Crippen LogP contribution in [-0.4, -0.2) is 28.9 Å². The summed E-state index contributed by atoms with van der Waals surface area (Å²) in [7, 11) is 0. The maximum absolute atomic E-state index is 13.7. The van der Waals surface area contributed by atoms with E-state index in [-0.39, 0.29) is 22.3 Å². The van der Waals surface area contributed by atoms with Crippen LogP contribution in [0.15, 0.2) is 72.8 Å². The Hall–Kier alpha value is -3.23. The quantitative estimate of drug-likeness (QED) is 0.414. The van der Waals surface area contributed by atoms with Gasteiger partial charge >= 0.3 is 5.91 Å². The van der Waals surface area contributed by atoms with Crippen molar-refractivity contribution in [3.05, 3.63) is 83.9 Å². The SMILES string of the molecule is CC(C)C(C#N)(CCC=CC(=O)[N@@+]1([C@H](C)c2ccccc2)CCCC1C(N)=O)c1ccccc1. The number of benzene rings is 2. The van der Waals surface area contributed by atoms with Gasteiger partial charge in [-0.05, 0) is 31.2 Å². The maximum atomic E-state index is 13.7. The summed E-state index contributed by atoms with van der Waals surface area (Å²) in [5, 5.41) is 10.1. The first kappa shape index (κ1) is 25.4. The molecule has 1 aliphatic rings. The van der Waals surface area contributed by atoms with E-state index in [9.17, 15) is 14.9 Å². The molecule has 1 fully saturated rings. The van der Waals surface area contributed by atoms with E-state index in [1.807, 2.05) is 73.7 Å². The second-order valence-electron chi connectivity index (χ2n) is 9.68. The monoisotopic (exact) mass is 458 g/mol. The first-order valence-electron chi connectivity index (χ1n) is 12.2. The molecule has 2 N–H and O–H groups in total. The number of carbonyl (C=O) groups excluding carboxylic acids is 2. The topological polar surface area (TPSA) is 83.9 Å². The Balaban J connectivity index is 1.85. The molecule has 0 aromatic heterocycles. The third-order valence-electron chi connectivity index (χ3n) is 7.71. The summed E-state index contributed by atoms with van der Waals surface area (Å²) in [4.78, 5) is 26.1. The lowest BCUT2D eigenvalue weighted by Crippen LogP contribution is -2.60. The Morgan fingerprint density at radius 1 is 1.12 bits per heavy atom. The molecular formula is C29H36N3O2+. The van der Waals surface area contributed by atoms with Crippen LogP contribution in [0.25, 0.3) is 0 Å². The summed E-state index contributed by atoms with van der Waals surface area (Å²) in [6.07, 6.45) is 6.09. The van der Waals surface area contributed by atoms with Crippen LogP contribution < -0.4 is 5.73 Å². The number of allylic oxidation sites excluding steroid dienone is 1. The van der Waals surface area contributed by atoms with Gasteiger partial charge in [-0.1, -0.05) is 80.6 Å². The number of likely N-dealkylation sites (tertiary alicyclic amines) is 1. The second-order valence-corrected chi connectivity index (χ2v) is 9.68. The molecule has 34 heavy (non-hydrogen) atoms. The molecule has 0 aliphatic carbocycles. The van der Waals surface area contributed by atoms with Gasteiger partial charge in [-0.3, -0.25) is 4.79 Å². The lowest BCUT2D eigenvalue weighted by Gasteiger charge is -2.40. The third kappa shape index (κ3) is 4.69. The number of quaternary nitrogens is 1. The molecule has 0 bridgehead atoms. The fourth-order valence-corrected chi connectivity index (χ4v) is 5.60. The van der Waals surface area contributed by atoms with Gasteiger partial charge in [-0.15, -0.1) is 0 Å². The molecule has 178 valence electrons. The highest BCUT2D eigenvalue weighted by molar-refractivity contribution is 5.87. The van der Waals surface area contributed by atoms with Gasteiger partial charge in [0.05, 0.1) is 18.0 Å². The molecule has 5 heteroatoms. The van der Waals surface area contributed by atoms with Gasteiger partial charge in [0, 0.05) is 24.5 Å². The van der Waals surface area contributed by atoms with Crippen molar-refractivity contribution >= 4 is 11.8 Å². The standard InChI is InChI=1S/C29H35N3O2/c1-22(2)29(21-30,25-15-8-5-9-16-25)19-11-10-18-27(33)32(20-12-17-26(32)28(31)34)23(3)24-13-6-4-7-14-24/h4-10,13-16,18,22-23,26H,11-12,17,19-20H2,1-3H3,(H-,31,34)/p+1/t23-,26?,29?,32-/m1/s1. The molecule has 3 rings (SSSR count). The van der Waals surface area contributed by atoms with E-state index in [1.165, 1.54) is 0 Å². The molecule has 1 aliphatic heterocycles. The summed E-state index contributed by atoms with van der Waals surface area (Å²) in [6.45, 7) is 6.73. The Morgan fingerprint density at radius 2 is 1.74 bits per heavy atom. The van der Waals surface area contributed by atoms with Crippen LogP contribution >= 0.6 is 0 Å². The number of hydrogen-bond donors (Lipinski definition) is 1. The van der Waals surface area contributed by atoms with Gasteiger partial charge in [0.15, 0.2) is 6.04 Å². The molecule has 0 saturated carbocycles. The van der Waals surface area contributed by atoms with Crippen molar-refractivity contribution < 1.29 is 14.1 Å². The predicted molar refractivity (Wildman–Crippen MR) is 134 cm³/mol. The molecule has 4 atom stereocenters. The highest BCUT2D eigenvalue weighted by atomic mass is 16.2. The number of hydrogen-bond acceptors (Lipinski definition) is 3. The minimum absolute atomic E-state index is 0.0299. The zero-order chi connectivity index (χ0) is 24.8.